The fraction of sp³-hybridized carbons (Fsp3) is 0.300. The van der Waals surface area contributed by atoms with E-state index in [9.17, 15) is 13.2 Å². The molecule has 14 heteroatoms. The molecule has 24 heavy (non-hydrogen) atoms. The van der Waals surface area contributed by atoms with Crippen molar-refractivity contribution in [1.29, 1.82) is 0 Å². The van der Waals surface area contributed by atoms with E-state index in [1.807, 2.05) is 0 Å². The summed E-state index contributed by atoms with van der Waals surface area (Å²) in [6.45, 7) is -1.22. The van der Waals surface area contributed by atoms with Crippen LogP contribution in [0.1, 0.15) is 10.4 Å². The zero-order valence-electron chi connectivity index (χ0n) is 11.9. The van der Waals surface area contributed by atoms with E-state index in [0.717, 1.165) is 24.3 Å². The molecule has 0 aliphatic rings. The molecule has 0 amide bonds. The molecule has 0 aliphatic carbocycles. The molecule has 0 saturated heterocycles. The van der Waals surface area contributed by atoms with Crippen LogP contribution in [0.25, 0.3) is 0 Å². The van der Waals surface area contributed by atoms with Gasteiger partial charge in [-0.2, -0.15) is 0 Å². The predicted molar refractivity (Wildman–Crippen MR) is 69.7 cm³/mol. The van der Waals surface area contributed by atoms with Crippen molar-refractivity contribution >= 4 is 16.0 Å². The molecule has 0 saturated carbocycles. The first-order chi connectivity index (χ1) is 11.1. The average Bonchev–Trinajstić information content (AvgIpc) is 2.48. The van der Waals surface area contributed by atoms with Crippen molar-refractivity contribution in [3.8, 4) is 0 Å². The molecule has 0 radical (unpaired) electrons. The second-order valence-corrected chi connectivity index (χ2v) is 5.76. The van der Waals surface area contributed by atoms with Gasteiger partial charge in [0.2, 0.25) is 10.0 Å². The number of rotatable bonds is 9. The number of primary sulfonamides is 1. The van der Waals surface area contributed by atoms with Gasteiger partial charge in [-0.25, -0.2) is 28.0 Å². The van der Waals surface area contributed by atoms with Crippen LogP contribution in [0.5, 0.6) is 0 Å². The minimum atomic E-state index is -3.92. The largest absolute Gasteiger partial charge is 0.454 e. The lowest BCUT2D eigenvalue weighted by Gasteiger charge is -2.19. The van der Waals surface area contributed by atoms with Crippen LogP contribution >= 0.6 is 0 Å². The predicted octanol–water partition coefficient (Wildman–Crippen LogP) is -1.12. The first-order valence-corrected chi connectivity index (χ1v) is 7.59. The van der Waals surface area contributed by atoms with Crippen molar-refractivity contribution in [2.45, 2.75) is 11.0 Å². The van der Waals surface area contributed by atoms with E-state index in [0.29, 0.717) is 0 Å². The number of nitrogens with two attached hydrogens (primary N) is 1. The van der Waals surface area contributed by atoms with Gasteiger partial charge in [-0.05, 0) is 24.3 Å². The Hall–Kier alpha value is -1.72. The van der Waals surface area contributed by atoms with Gasteiger partial charge in [-0.1, -0.05) is 0 Å². The fourth-order valence-electron chi connectivity index (χ4n) is 1.42. The van der Waals surface area contributed by atoms with Crippen molar-refractivity contribution in [2.75, 3.05) is 13.2 Å². The summed E-state index contributed by atoms with van der Waals surface area (Å²) in [6.07, 6.45) is -1.28. The molecule has 1 rings (SSSR count). The Kier molecular flexibility index (Phi) is 7.58. The summed E-state index contributed by atoms with van der Waals surface area (Å²) in [5, 5.41) is 37.4. The maximum Gasteiger partial charge on any atom is 0.338 e. The highest BCUT2D eigenvalue weighted by molar-refractivity contribution is 7.89. The highest BCUT2D eigenvalue weighted by Crippen LogP contribution is 2.11. The topological polar surface area (TPSA) is 192 Å². The van der Waals surface area contributed by atoms with Crippen LogP contribution in [0.15, 0.2) is 29.2 Å². The Bertz CT molecular complexity index is 621. The van der Waals surface area contributed by atoms with Gasteiger partial charge >= 0.3 is 5.97 Å². The van der Waals surface area contributed by atoms with E-state index >= 15 is 0 Å². The maximum atomic E-state index is 11.9. The number of carbonyl (C=O) groups is 1. The highest BCUT2D eigenvalue weighted by atomic mass is 32.2. The smallest absolute Gasteiger partial charge is 0.338 e. The molecule has 0 unspecified atom stereocenters. The highest BCUT2D eigenvalue weighted by Gasteiger charge is 2.20. The molecule has 0 bridgehead atoms. The maximum absolute atomic E-state index is 11.9. The lowest BCUT2D eigenvalue weighted by Crippen LogP contribution is -2.33. The van der Waals surface area contributed by atoms with Crippen molar-refractivity contribution < 1.29 is 48.5 Å². The number of hydrogen-bond acceptors (Lipinski definition) is 12. The zero-order chi connectivity index (χ0) is 18.3. The summed E-state index contributed by atoms with van der Waals surface area (Å²) >= 11 is 0. The third-order valence-electron chi connectivity index (χ3n) is 2.44. The SMILES string of the molecule is NS(=O)(=O)c1ccc(C(=O)OC(CON(O)O)CON(O)O)cc1. The minimum Gasteiger partial charge on any atom is -0.454 e. The van der Waals surface area contributed by atoms with Crippen LogP contribution in [-0.4, -0.2) is 65.3 Å². The summed E-state index contributed by atoms with van der Waals surface area (Å²) in [5.41, 5.74) is -0.0536. The van der Waals surface area contributed by atoms with Crippen LogP contribution in [-0.2, 0) is 24.4 Å². The summed E-state index contributed by atoms with van der Waals surface area (Å²) < 4.78 is 27.1. The van der Waals surface area contributed by atoms with Crippen molar-refractivity contribution in [2.24, 2.45) is 5.14 Å². The number of nitrogens with zero attached hydrogens (tertiary/aromatic N) is 2. The van der Waals surface area contributed by atoms with E-state index in [1.165, 1.54) is 0 Å². The number of ether oxygens (including phenoxy) is 1. The van der Waals surface area contributed by atoms with Gasteiger partial charge in [0.15, 0.2) is 6.10 Å². The molecule has 0 aromatic heterocycles. The Morgan fingerprint density at radius 2 is 1.50 bits per heavy atom. The van der Waals surface area contributed by atoms with E-state index in [-0.39, 0.29) is 10.5 Å². The van der Waals surface area contributed by atoms with Crippen molar-refractivity contribution in [3.63, 3.8) is 0 Å². The average molecular weight is 369 g/mol. The normalized spacial score (nSPS) is 12.2. The van der Waals surface area contributed by atoms with Crippen LogP contribution in [0.4, 0.5) is 0 Å². The molecule has 1 aromatic rings. The number of sulfonamides is 1. The summed E-state index contributed by atoms with van der Waals surface area (Å²) in [7, 11) is -3.92. The van der Waals surface area contributed by atoms with Gasteiger partial charge in [-0.3, -0.25) is 20.8 Å². The zero-order valence-corrected chi connectivity index (χ0v) is 12.7. The molecule has 13 nitrogen and oxygen atoms in total. The molecular weight excluding hydrogens is 354 g/mol. The first-order valence-electron chi connectivity index (χ1n) is 6.05. The Balaban J connectivity index is 2.75. The van der Waals surface area contributed by atoms with Gasteiger partial charge in [0.25, 0.3) is 0 Å². The quantitative estimate of drug-likeness (QED) is 0.260. The molecule has 0 fully saturated rings. The van der Waals surface area contributed by atoms with E-state index in [4.69, 9.17) is 30.7 Å². The van der Waals surface area contributed by atoms with Crippen LogP contribution in [0, 0.1) is 0 Å². The lowest BCUT2D eigenvalue weighted by molar-refractivity contribution is -0.505. The van der Waals surface area contributed by atoms with Crippen molar-refractivity contribution in [3.05, 3.63) is 29.8 Å². The molecule has 136 valence electrons. The van der Waals surface area contributed by atoms with E-state index < -0.39 is 46.1 Å². The fourth-order valence-corrected chi connectivity index (χ4v) is 1.93. The number of benzene rings is 1. The molecule has 6 N–H and O–H groups in total. The third-order valence-corrected chi connectivity index (χ3v) is 3.37. The molecule has 0 spiro atoms. The summed E-state index contributed by atoms with van der Waals surface area (Å²) in [6, 6.07) is 4.44. The van der Waals surface area contributed by atoms with Crippen LogP contribution < -0.4 is 5.14 Å². The second kappa shape index (κ2) is 8.94. The van der Waals surface area contributed by atoms with E-state index in [2.05, 4.69) is 9.68 Å². The Morgan fingerprint density at radius 1 is 1.04 bits per heavy atom. The molecule has 0 atom stereocenters. The van der Waals surface area contributed by atoms with Crippen molar-refractivity contribution in [1.82, 2.24) is 10.8 Å². The van der Waals surface area contributed by atoms with E-state index in [1.54, 1.807) is 0 Å². The van der Waals surface area contributed by atoms with Gasteiger partial charge in [0.05, 0.1) is 21.2 Å². The van der Waals surface area contributed by atoms with Crippen LogP contribution in [0.2, 0.25) is 0 Å². The van der Waals surface area contributed by atoms with Crippen LogP contribution in [0.3, 0.4) is 0 Å². The molecule has 0 heterocycles. The Labute approximate surface area is 135 Å². The molecule has 0 aliphatic heterocycles. The third kappa shape index (κ3) is 7.23. The van der Waals surface area contributed by atoms with Gasteiger partial charge in [0, 0.05) is 0 Å². The summed E-state index contributed by atoms with van der Waals surface area (Å²) in [4.78, 5) is 20.2. The number of carbonyl (C=O) groups excluding carboxylic acids is 1. The standard InChI is InChI=1S/C10H15N3O10S/c11-24(19,20)9-3-1-7(2-4-9)10(14)23-8(5-21-12(15)16)6-22-13(17)18/h1-4,8,15-18H,5-6H2,(H2,11,19,20). The second-order valence-electron chi connectivity index (χ2n) is 4.19. The Morgan fingerprint density at radius 3 is 1.88 bits per heavy atom. The minimum absolute atomic E-state index is 0.0536. The lowest BCUT2D eigenvalue weighted by atomic mass is 10.2. The first kappa shape index (κ1) is 20.3. The molecule has 1 aromatic carbocycles. The monoisotopic (exact) mass is 369 g/mol. The van der Waals surface area contributed by atoms with Gasteiger partial charge in [-0.15, -0.1) is 0 Å². The number of hydrogen-bond donors (Lipinski definition) is 5. The van der Waals surface area contributed by atoms with Gasteiger partial charge in [0.1, 0.15) is 13.2 Å². The molecular formula is C10H15N3O10S. The summed E-state index contributed by atoms with van der Waals surface area (Å²) in [5.74, 6) is -0.946. The number of esters is 1. The van der Waals surface area contributed by atoms with Gasteiger partial charge < -0.3 is 4.74 Å².